The second-order valence-corrected chi connectivity index (χ2v) is 21.0. The van der Waals surface area contributed by atoms with E-state index in [2.05, 4.69) is 69.4 Å². The van der Waals surface area contributed by atoms with Crippen molar-refractivity contribution in [2.75, 3.05) is 13.2 Å². The SMILES string of the molecule is CCCCCCC/C=C\C/C=C\C/C=C\CCCCCCCCCCCCCCC(=O)OCC(COC(=O)CCCCCCCCC)OC(=O)CCCCCCCCCCC/C=C\CCCCCCCC. The molecule has 6 heteroatoms. The summed E-state index contributed by atoms with van der Waals surface area (Å²) in [6.45, 7) is 6.62. The smallest absolute Gasteiger partial charge is 0.306 e. The van der Waals surface area contributed by atoms with Crippen molar-refractivity contribution in [1.82, 2.24) is 0 Å². The molecule has 1 atom stereocenters. The number of hydrogen-bond donors (Lipinski definition) is 0. The van der Waals surface area contributed by atoms with E-state index >= 15 is 0 Å². The van der Waals surface area contributed by atoms with Gasteiger partial charge in [-0.25, -0.2) is 0 Å². The number of hydrogen-bond acceptors (Lipinski definition) is 6. The van der Waals surface area contributed by atoms with E-state index in [1.807, 2.05) is 0 Å². The summed E-state index contributed by atoms with van der Waals surface area (Å²) in [6, 6.07) is 0. The van der Waals surface area contributed by atoms with Crippen molar-refractivity contribution in [2.24, 2.45) is 0 Å². The maximum Gasteiger partial charge on any atom is 0.306 e. The van der Waals surface area contributed by atoms with Gasteiger partial charge in [0, 0.05) is 19.3 Å². The fourth-order valence-electron chi connectivity index (χ4n) is 9.09. The van der Waals surface area contributed by atoms with Crippen molar-refractivity contribution >= 4 is 17.9 Å². The van der Waals surface area contributed by atoms with Gasteiger partial charge in [0.15, 0.2) is 6.10 Å². The zero-order valence-corrected chi connectivity index (χ0v) is 47.5. The van der Waals surface area contributed by atoms with E-state index < -0.39 is 6.10 Å². The molecule has 0 aromatic heterocycles. The van der Waals surface area contributed by atoms with E-state index in [4.69, 9.17) is 14.2 Å². The van der Waals surface area contributed by atoms with Crippen molar-refractivity contribution in [3.8, 4) is 0 Å². The van der Waals surface area contributed by atoms with E-state index in [1.165, 1.54) is 218 Å². The third kappa shape index (κ3) is 58.1. The fourth-order valence-corrected chi connectivity index (χ4v) is 9.09. The Labute approximate surface area is 441 Å². The summed E-state index contributed by atoms with van der Waals surface area (Å²) in [5.74, 6) is -0.867. The molecule has 0 N–H and O–H groups in total. The van der Waals surface area contributed by atoms with Crippen LogP contribution in [0.4, 0.5) is 0 Å². The lowest BCUT2D eigenvalue weighted by molar-refractivity contribution is -0.167. The average molecular weight is 996 g/mol. The van der Waals surface area contributed by atoms with E-state index in [0.29, 0.717) is 19.3 Å². The highest BCUT2D eigenvalue weighted by atomic mass is 16.6. The normalized spacial score (nSPS) is 12.3. The van der Waals surface area contributed by atoms with Gasteiger partial charge in [-0.05, 0) is 83.5 Å². The molecule has 0 heterocycles. The highest BCUT2D eigenvalue weighted by Crippen LogP contribution is 2.16. The minimum Gasteiger partial charge on any atom is -0.462 e. The van der Waals surface area contributed by atoms with Gasteiger partial charge in [0.05, 0.1) is 0 Å². The zero-order chi connectivity index (χ0) is 51.4. The number of allylic oxidation sites excluding steroid dienone is 8. The third-order valence-electron chi connectivity index (χ3n) is 13.8. The molecule has 71 heavy (non-hydrogen) atoms. The minimum atomic E-state index is -0.771. The first-order valence-electron chi connectivity index (χ1n) is 31.1. The Bertz CT molecular complexity index is 1230. The summed E-state index contributed by atoms with van der Waals surface area (Å²) in [5, 5.41) is 0. The first-order valence-corrected chi connectivity index (χ1v) is 31.1. The maximum atomic E-state index is 12.8. The Kier molecular flexibility index (Phi) is 57.7. The molecule has 0 saturated heterocycles. The Morgan fingerprint density at radius 1 is 0.282 bits per heavy atom. The predicted octanol–water partition coefficient (Wildman–Crippen LogP) is 21.0. The van der Waals surface area contributed by atoms with Gasteiger partial charge in [-0.2, -0.15) is 0 Å². The summed E-state index contributed by atoms with van der Waals surface area (Å²) in [7, 11) is 0. The minimum absolute atomic E-state index is 0.0717. The van der Waals surface area contributed by atoms with Crippen LogP contribution >= 0.6 is 0 Å². The van der Waals surface area contributed by atoms with Gasteiger partial charge in [-0.3, -0.25) is 14.4 Å². The van der Waals surface area contributed by atoms with Gasteiger partial charge < -0.3 is 14.2 Å². The van der Waals surface area contributed by atoms with E-state index in [9.17, 15) is 14.4 Å². The van der Waals surface area contributed by atoms with Gasteiger partial charge in [-0.1, -0.05) is 275 Å². The molecule has 0 spiro atoms. The van der Waals surface area contributed by atoms with Gasteiger partial charge in [-0.15, -0.1) is 0 Å². The Morgan fingerprint density at radius 3 is 0.803 bits per heavy atom. The van der Waals surface area contributed by atoms with Crippen LogP contribution in [0.5, 0.6) is 0 Å². The molecule has 0 rings (SSSR count). The average Bonchev–Trinajstić information content (AvgIpc) is 3.37. The predicted molar refractivity (Wildman–Crippen MR) is 307 cm³/mol. The van der Waals surface area contributed by atoms with Crippen LogP contribution in [0.2, 0.25) is 0 Å². The molecule has 0 aliphatic heterocycles. The number of carbonyl (C=O) groups is 3. The second-order valence-electron chi connectivity index (χ2n) is 21.0. The molecule has 0 bridgehead atoms. The molecule has 0 radical (unpaired) electrons. The molecule has 0 aliphatic rings. The molecule has 6 nitrogen and oxygen atoms in total. The third-order valence-corrected chi connectivity index (χ3v) is 13.8. The van der Waals surface area contributed by atoms with Crippen LogP contribution in [0.25, 0.3) is 0 Å². The molecule has 0 fully saturated rings. The van der Waals surface area contributed by atoms with Crippen LogP contribution in [-0.2, 0) is 28.6 Å². The number of esters is 3. The first kappa shape index (κ1) is 68.4. The van der Waals surface area contributed by atoms with Crippen molar-refractivity contribution in [1.29, 1.82) is 0 Å². The first-order chi connectivity index (χ1) is 35.0. The molecule has 0 amide bonds. The molecule has 0 saturated carbocycles. The zero-order valence-electron chi connectivity index (χ0n) is 47.5. The van der Waals surface area contributed by atoms with Crippen LogP contribution in [0.1, 0.15) is 329 Å². The highest BCUT2D eigenvalue weighted by Gasteiger charge is 2.19. The van der Waals surface area contributed by atoms with Crippen LogP contribution in [-0.4, -0.2) is 37.2 Å². The van der Waals surface area contributed by atoms with E-state index in [0.717, 1.165) is 70.6 Å². The highest BCUT2D eigenvalue weighted by molar-refractivity contribution is 5.71. The number of rotatable bonds is 57. The molecule has 1 unspecified atom stereocenters. The molecule has 414 valence electrons. The van der Waals surface area contributed by atoms with Crippen molar-refractivity contribution < 1.29 is 28.6 Å². The summed E-state index contributed by atoms with van der Waals surface area (Å²) >= 11 is 0. The molecule has 0 aliphatic carbocycles. The lowest BCUT2D eigenvalue weighted by Crippen LogP contribution is -2.30. The number of carbonyl (C=O) groups excluding carboxylic acids is 3. The molecule has 0 aromatic carbocycles. The fraction of sp³-hybridized carbons (Fsp3) is 0.831. The summed E-state index contributed by atoms with van der Waals surface area (Å²) < 4.78 is 16.8. The number of ether oxygens (including phenoxy) is 3. The van der Waals surface area contributed by atoms with Crippen LogP contribution < -0.4 is 0 Å². The topological polar surface area (TPSA) is 78.9 Å². The Morgan fingerprint density at radius 2 is 0.507 bits per heavy atom. The molecular weight excluding hydrogens is 877 g/mol. The van der Waals surface area contributed by atoms with Crippen molar-refractivity contribution in [2.45, 2.75) is 335 Å². The van der Waals surface area contributed by atoms with E-state index in [-0.39, 0.29) is 31.1 Å². The standard InChI is InChI=1S/C65H118O6/c1-4-7-10-13-16-18-20-22-24-26-28-29-30-31-32-33-34-35-37-38-40-42-44-46-49-52-55-58-64(67)70-61-62(60-69-63(66)57-54-51-48-15-12-9-6-3)71-65(68)59-56-53-50-47-45-43-41-39-36-27-25-23-21-19-17-14-11-8-5-2/h20,22-23,25-26,28,30-31,62H,4-19,21,24,27,29,32-61H2,1-3H3/b22-20-,25-23-,28-26-,31-30-. The number of unbranched alkanes of at least 4 members (excludes halogenated alkanes) is 38. The molecule has 0 aromatic rings. The molecular formula is C65H118O6. The lowest BCUT2D eigenvalue weighted by Gasteiger charge is -2.18. The quantitative estimate of drug-likeness (QED) is 0.0261. The summed E-state index contributed by atoms with van der Waals surface area (Å²) in [4.78, 5) is 38.0. The Balaban J connectivity index is 4.11. The second kappa shape index (κ2) is 59.9. The maximum absolute atomic E-state index is 12.8. The summed E-state index contributed by atoms with van der Waals surface area (Å²) in [5.41, 5.74) is 0. The monoisotopic (exact) mass is 995 g/mol. The van der Waals surface area contributed by atoms with Gasteiger partial charge in [0.25, 0.3) is 0 Å². The van der Waals surface area contributed by atoms with Crippen LogP contribution in [0, 0.1) is 0 Å². The summed E-state index contributed by atoms with van der Waals surface area (Å²) in [6.07, 6.45) is 74.2. The van der Waals surface area contributed by atoms with Gasteiger partial charge in [0.1, 0.15) is 13.2 Å². The Hall–Kier alpha value is -2.63. The van der Waals surface area contributed by atoms with E-state index in [1.54, 1.807) is 0 Å². The van der Waals surface area contributed by atoms with Gasteiger partial charge in [0.2, 0.25) is 0 Å². The van der Waals surface area contributed by atoms with Crippen molar-refractivity contribution in [3.63, 3.8) is 0 Å². The van der Waals surface area contributed by atoms with Gasteiger partial charge >= 0.3 is 17.9 Å². The lowest BCUT2D eigenvalue weighted by atomic mass is 10.0. The largest absolute Gasteiger partial charge is 0.462 e. The van der Waals surface area contributed by atoms with Crippen LogP contribution in [0.3, 0.4) is 0 Å². The van der Waals surface area contributed by atoms with Crippen molar-refractivity contribution in [3.05, 3.63) is 48.6 Å². The van der Waals surface area contributed by atoms with Crippen LogP contribution in [0.15, 0.2) is 48.6 Å².